The molecule has 1 N–H and O–H groups in total. The van der Waals surface area contributed by atoms with Crippen LogP contribution in [-0.4, -0.2) is 33.0 Å². The summed E-state index contributed by atoms with van der Waals surface area (Å²) < 4.78 is 13.2. The van der Waals surface area contributed by atoms with E-state index in [0.29, 0.717) is 29.8 Å². The van der Waals surface area contributed by atoms with Crippen LogP contribution in [0.4, 0.5) is 5.69 Å². The van der Waals surface area contributed by atoms with Gasteiger partial charge in [-0.1, -0.05) is 23.9 Å². The van der Waals surface area contributed by atoms with Crippen molar-refractivity contribution in [3.05, 3.63) is 72.1 Å². The second-order valence-electron chi connectivity index (χ2n) is 7.13. The first kappa shape index (κ1) is 23.4. The number of aryl methyl sites for hydroxylation is 2. The summed E-state index contributed by atoms with van der Waals surface area (Å²) in [6.07, 6.45) is 1.77. The number of anilines is 1. The van der Waals surface area contributed by atoms with E-state index in [2.05, 4.69) is 35.9 Å². The Bertz CT molecular complexity index is 1060. The zero-order valence-electron chi connectivity index (χ0n) is 18.6. The van der Waals surface area contributed by atoms with E-state index in [4.69, 9.17) is 9.47 Å². The number of hydrogen-bond acceptors (Lipinski definition) is 6. The number of benzene rings is 2. The smallest absolute Gasteiger partial charge is 0.234 e. The number of carbonyl (C=O) groups excluding carboxylic acids is 1. The minimum Gasteiger partial charge on any atom is -0.494 e. The summed E-state index contributed by atoms with van der Waals surface area (Å²) in [5, 5.41) is 12.0. The molecule has 0 atom stereocenters. The Balaban J connectivity index is 1.58. The van der Waals surface area contributed by atoms with Crippen LogP contribution in [0.25, 0.3) is 0 Å². The van der Waals surface area contributed by atoms with Crippen LogP contribution in [0, 0.1) is 13.8 Å². The Labute approximate surface area is 192 Å². The van der Waals surface area contributed by atoms with Crippen molar-refractivity contribution in [3.63, 3.8) is 0 Å². The number of aromatic nitrogens is 3. The van der Waals surface area contributed by atoms with Crippen molar-refractivity contribution in [1.82, 2.24) is 14.8 Å². The fourth-order valence-corrected chi connectivity index (χ4v) is 3.69. The van der Waals surface area contributed by atoms with E-state index >= 15 is 0 Å². The molecule has 8 heteroatoms. The standard InChI is InChI=1S/C24H28N4O3S/c1-5-13-28-22(15-31-21-10-7-17(3)18(4)14-21)26-27-24(28)32-16-23(29)25-19-8-11-20(12-9-19)30-6-2/h5,7-12,14H,1,6,13,15-16H2,2-4H3,(H,25,29). The van der Waals surface area contributed by atoms with Crippen molar-refractivity contribution in [2.75, 3.05) is 17.7 Å². The fourth-order valence-electron chi connectivity index (χ4n) is 2.92. The van der Waals surface area contributed by atoms with Crippen LogP contribution in [0.1, 0.15) is 23.9 Å². The molecule has 0 aliphatic rings. The molecule has 1 heterocycles. The van der Waals surface area contributed by atoms with Crippen LogP contribution >= 0.6 is 11.8 Å². The quantitative estimate of drug-likeness (QED) is 0.333. The number of nitrogens with one attached hydrogen (secondary N) is 1. The predicted molar refractivity (Wildman–Crippen MR) is 127 cm³/mol. The molecule has 3 aromatic rings. The number of amides is 1. The normalized spacial score (nSPS) is 10.6. The van der Waals surface area contributed by atoms with Gasteiger partial charge in [-0.3, -0.25) is 9.36 Å². The van der Waals surface area contributed by atoms with Gasteiger partial charge in [-0.2, -0.15) is 0 Å². The molecule has 32 heavy (non-hydrogen) atoms. The Kier molecular flexibility index (Phi) is 8.33. The number of nitrogens with zero attached hydrogens (tertiary/aromatic N) is 3. The molecule has 0 aliphatic carbocycles. The molecule has 0 fully saturated rings. The molecule has 0 radical (unpaired) electrons. The lowest BCUT2D eigenvalue weighted by molar-refractivity contribution is -0.113. The van der Waals surface area contributed by atoms with Crippen LogP contribution in [0.2, 0.25) is 0 Å². The number of carbonyl (C=O) groups is 1. The average molecular weight is 453 g/mol. The minimum absolute atomic E-state index is 0.125. The largest absolute Gasteiger partial charge is 0.494 e. The molecule has 0 spiro atoms. The first-order valence-electron chi connectivity index (χ1n) is 10.4. The molecular formula is C24H28N4O3S. The second-order valence-corrected chi connectivity index (χ2v) is 8.07. The molecule has 1 aromatic heterocycles. The van der Waals surface area contributed by atoms with Crippen molar-refractivity contribution in [2.24, 2.45) is 0 Å². The SMILES string of the molecule is C=CCn1c(COc2ccc(C)c(C)c2)nnc1SCC(=O)Nc1ccc(OCC)cc1. The van der Waals surface area contributed by atoms with Crippen molar-refractivity contribution < 1.29 is 14.3 Å². The third-order valence-electron chi connectivity index (χ3n) is 4.73. The zero-order chi connectivity index (χ0) is 22.9. The first-order chi connectivity index (χ1) is 15.5. The summed E-state index contributed by atoms with van der Waals surface area (Å²) >= 11 is 1.32. The molecule has 7 nitrogen and oxygen atoms in total. The second kappa shape index (κ2) is 11.4. The van der Waals surface area contributed by atoms with Crippen LogP contribution in [0.15, 0.2) is 60.3 Å². The van der Waals surface area contributed by atoms with E-state index in [9.17, 15) is 4.79 Å². The molecule has 0 unspecified atom stereocenters. The first-order valence-corrected chi connectivity index (χ1v) is 11.4. The molecule has 168 valence electrons. The van der Waals surface area contributed by atoms with Crippen molar-refractivity contribution in [2.45, 2.75) is 39.1 Å². The Hall–Kier alpha value is -3.26. The van der Waals surface area contributed by atoms with Gasteiger partial charge in [0.05, 0.1) is 12.4 Å². The number of rotatable bonds is 11. The summed E-state index contributed by atoms with van der Waals surface area (Å²) in [7, 11) is 0. The number of allylic oxidation sites excluding steroid dienone is 1. The third-order valence-corrected chi connectivity index (χ3v) is 5.70. The third kappa shape index (κ3) is 6.37. The summed E-state index contributed by atoms with van der Waals surface area (Å²) in [5.41, 5.74) is 3.10. The molecule has 0 saturated heterocycles. The summed E-state index contributed by atoms with van der Waals surface area (Å²) in [4.78, 5) is 12.4. The van der Waals surface area contributed by atoms with E-state index in [1.807, 2.05) is 54.0 Å². The van der Waals surface area contributed by atoms with Gasteiger partial charge in [-0.05, 0) is 68.3 Å². The maximum Gasteiger partial charge on any atom is 0.234 e. The lowest BCUT2D eigenvalue weighted by Gasteiger charge is -2.10. The number of ether oxygens (including phenoxy) is 2. The molecule has 0 bridgehead atoms. The lowest BCUT2D eigenvalue weighted by atomic mass is 10.1. The van der Waals surface area contributed by atoms with E-state index in [0.717, 1.165) is 11.5 Å². The van der Waals surface area contributed by atoms with Crippen LogP contribution in [-0.2, 0) is 17.9 Å². The monoisotopic (exact) mass is 452 g/mol. The van der Waals surface area contributed by atoms with Gasteiger partial charge in [0.2, 0.25) is 5.91 Å². The maximum absolute atomic E-state index is 12.4. The highest BCUT2D eigenvalue weighted by molar-refractivity contribution is 7.99. The molecule has 3 rings (SSSR count). The van der Waals surface area contributed by atoms with Crippen molar-refractivity contribution in [1.29, 1.82) is 0 Å². The summed E-state index contributed by atoms with van der Waals surface area (Å²) in [5.74, 6) is 2.32. The highest BCUT2D eigenvalue weighted by atomic mass is 32.2. The highest BCUT2D eigenvalue weighted by Crippen LogP contribution is 2.21. The Morgan fingerprint density at radius 2 is 1.84 bits per heavy atom. The number of thioether (sulfide) groups is 1. The summed E-state index contributed by atoms with van der Waals surface area (Å²) in [6.45, 7) is 11.3. The van der Waals surface area contributed by atoms with E-state index in [-0.39, 0.29) is 18.3 Å². The van der Waals surface area contributed by atoms with Gasteiger partial charge in [-0.15, -0.1) is 16.8 Å². The molecule has 1 amide bonds. The minimum atomic E-state index is -0.125. The molecule has 0 saturated carbocycles. The van der Waals surface area contributed by atoms with Gasteiger partial charge in [0, 0.05) is 12.2 Å². The van der Waals surface area contributed by atoms with E-state index in [1.165, 1.54) is 22.9 Å². The van der Waals surface area contributed by atoms with Crippen molar-refractivity contribution in [3.8, 4) is 11.5 Å². The Morgan fingerprint density at radius 1 is 1.09 bits per heavy atom. The lowest BCUT2D eigenvalue weighted by Crippen LogP contribution is -2.15. The van der Waals surface area contributed by atoms with E-state index < -0.39 is 0 Å². The zero-order valence-corrected chi connectivity index (χ0v) is 19.4. The Morgan fingerprint density at radius 3 is 2.53 bits per heavy atom. The van der Waals surface area contributed by atoms with Crippen LogP contribution < -0.4 is 14.8 Å². The van der Waals surface area contributed by atoms with Gasteiger partial charge in [-0.25, -0.2) is 0 Å². The topological polar surface area (TPSA) is 78.3 Å². The van der Waals surface area contributed by atoms with Gasteiger partial charge < -0.3 is 14.8 Å². The van der Waals surface area contributed by atoms with E-state index in [1.54, 1.807) is 6.08 Å². The van der Waals surface area contributed by atoms with Crippen LogP contribution in [0.5, 0.6) is 11.5 Å². The fraction of sp³-hybridized carbons (Fsp3) is 0.292. The van der Waals surface area contributed by atoms with Gasteiger partial charge in [0.1, 0.15) is 18.1 Å². The van der Waals surface area contributed by atoms with Gasteiger partial charge in [0.25, 0.3) is 0 Å². The van der Waals surface area contributed by atoms with Gasteiger partial charge >= 0.3 is 0 Å². The molecular weight excluding hydrogens is 424 g/mol. The molecule has 0 aliphatic heterocycles. The van der Waals surface area contributed by atoms with Crippen molar-refractivity contribution >= 4 is 23.4 Å². The maximum atomic E-state index is 12.4. The highest BCUT2D eigenvalue weighted by Gasteiger charge is 2.14. The van der Waals surface area contributed by atoms with Gasteiger partial charge in [0.15, 0.2) is 11.0 Å². The number of hydrogen-bond donors (Lipinski definition) is 1. The van der Waals surface area contributed by atoms with Crippen LogP contribution in [0.3, 0.4) is 0 Å². The molecule has 2 aromatic carbocycles. The predicted octanol–water partition coefficient (Wildman–Crippen LogP) is 4.79. The average Bonchev–Trinajstić information content (AvgIpc) is 3.16. The summed E-state index contributed by atoms with van der Waals surface area (Å²) in [6, 6.07) is 13.3.